The molecule has 1 aliphatic rings. The SMILES string of the molecule is CCCNCC1CCN(CCCCOCCOC)C1. The van der Waals surface area contributed by atoms with E-state index in [1.54, 1.807) is 7.11 Å². The van der Waals surface area contributed by atoms with Crippen molar-refractivity contribution in [3.05, 3.63) is 0 Å². The van der Waals surface area contributed by atoms with Gasteiger partial charge in [0.1, 0.15) is 0 Å². The fraction of sp³-hybridized carbons (Fsp3) is 1.00. The highest BCUT2D eigenvalue weighted by molar-refractivity contribution is 4.76. The van der Waals surface area contributed by atoms with Gasteiger partial charge in [0.15, 0.2) is 0 Å². The molecule has 0 amide bonds. The normalized spacial score (nSPS) is 20.2. The number of methoxy groups -OCH3 is 1. The molecule has 19 heavy (non-hydrogen) atoms. The molecule has 0 spiro atoms. The van der Waals surface area contributed by atoms with Crippen LogP contribution in [0.5, 0.6) is 0 Å². The van der Waals surface area contributed by atoms with Crippen LogP contribution in [-0.2, 0) is 9.47 Å². The first-order valence-electron chi connectivity index (χ1n) is 7.86. The highest BCUT2D eigenvalue weighted by Gasteiger charge is 2.21. The van der Waals surface area contributed by atoms with Crippen LogP contribution in [0.25, 0.3) is 0 Å². The molecule has 1 heterocycles. The minimum absolute atomic E-state index is 0.707. The van der Waals surface area contributed by atoms with E-state index in [-0.39, 0.29) is 0 Å². The molecule has 0 aromatic rings. The van der Waals surface area contributed by atoms with E-state index in [2.05, 4.69) is 17.1 Å². The zero-order valence-electron chi connectivity index (χ0n) is 12.8. The Balaban J connectivity index is 1.88. The summed E-state index contributed by atoms with van der Waals surface area (Å²) < 4.78 is 10.4. The molecule has 4 heteroatoms. The summed E-state index contributed by atoms with van der Waals surface area (Å²) in [5.74, 6) is 0.865. The monoisotopic (exact) mass is 272 g/mol. The quantitative estimate of drug-likeness (QED) is 0.549. The zero-order valence-corrected chi connectivity index (χ0v) is 12.8. The molecular formula is C15H32N2O2. The number of hydrogen-bond donors (Lipinski definition) is 1. The molecular weight excluding hydrogens is 240 g/mol. The van der Waals surface area contributed by atoms with Gasteiger partial charge in [-0.15, -0.1) is 0 Å². The van der Waals surface area contributed by atoms with Crippen LogP contribution in [0.4, 0.5) is 0 Å². The van der Waals surface area contributed by atoms with Gasteiger partial charge >= 0.3 is 0 Å². The summed E-state index contributed by atoms with van der Waals surface area (Å²) in [5.41, 5.74) is 0. The summed E-state index contributed by atoms with van der Waals surface area (Å²) in [5, 5.41) is 3.53. The van der Waals surface area contributed by atoms with Gasteiger partial charge in [-0.2, -0.15) is 0 Å². The lowest BCUT2D eigenvalue weighted by molar-refractivity contribution is 0.0679. The van der Waals surface area contributed by atoms with E-state index >= 15 is 0 Å². The van der Waals surface area contributed by atoms with Crippen LogP contribution in [0.1, 0.15) is 32.6 Å². The van der Waals surface area contributed by atoms with Crippen molar-refractivity contribution >= 4 is 0 Å². The van der Waals surface area contributed by atoms with E-state index in [9.17, 15) is 0 Å². The van der Waals surface area contributed by atoms with Gasteiger partial charge in [0.2, 0.25) is 0 Å². The Bertz CT molecular complexity index is 203. The number of rotatable bonds is 12. The molecule has 1 saturated heterocycles. The van der Waals surface area contributed by atoms with Gasteiger partial charge in [0.05, 0.1) is 13.2 Å². The molecule has 1 aliphatic heterocycles. The fourth-order valence-electron chi connectivity index (χ4n) is 2.55. The van der Waals surface area contributed by atoms with Crippen LogP contribution in [-0.4, -0.2) is 64.6 Å². The molecule has 1 atom stereocenters. The van der Waals surface area contributed by atoms with Crippen molar-refractivity contribution < 1.29 is 9.47 Å². The lowest BCUT2D eigenvalue weighted by atomic mass is 10.1. The van der Waals surface area contributed by atoms with Crippen LogP contribution in [0.15, 0.2) is 0 Å². The Labute approximate surface area is 118 Å². The topological polar surface area (TPSA) is 33.7 Å². The second-order valence-corrected chi connectivity index (χ2v) is 5.47. The predicted octanol–water partition coefficient (Wildman–Crippen LogP) is 1.75. The fourth-order valence-corrected chi connectivity index (χ4v) is 2.55. The van der Waals surface area contributed by atoms with Gasteiger partial charge in [-0.1, -0.05) is 6.92 Å². The molecule has 4 nitrogen and oxygen atoms in total. The van der Waals surface area contributed by atoms with E-state index in [0.717, 1.165) is 25.7 Å². The van der Waals surface area contributed by atoms with Crippen LogP contribution in [0.2, 0.25) is 0 Å². The smallest absolute Gasteiger partial charge is 0.0700 e. The number of ether oxygens (including phenoxy) is 2. The van der Waals surface area contributed by atoms with Gasteiger partial charge in [-0.25, -0.2) is 0 Å². The molecule has 1 fully saturated rings. The van der Waals surface area contributed by atoms with E-state index < -0.39 is 0 Å². The first kappa shape index (κ1) is 16.9. The van der Waals surface area contributed by atoms with E-state index in [0.29, 0.717) is 6.61 Å². The summed E-state index contributed by atoms with van der Waals surface area (Å²) in [6.07, 6.45) is 5.02. The number of nitrogens with zero attached hydrogens (tertiary/aromatic N) is 1. The Morgan fingerprint density at radius 1 is 1.21 bits per heavy atom. The summed E-state index contributed by atoms with van der Waals surface area (Å²) in [4.78, 5) is 2.60. The van der Waals surface area contributed by atoms with Gasteiger partial charge in [-0.3, -0.25) is 0 Å². The standard InChI is InChI=1S/C15H32N2O2/c1-3-7-16-13-15-6-9-17(14-15)8-4-5-10-19-12-11-18-2/h15-16H,3-14H2,1-2H3. The van der Waals surface area contributed by atoms with Crippen LogP contribution in [0.3, 0.4) is 0 Å². The lowest BCUT2D eigenvalue weighted by Crippen LogP contribution is -2.27. The number of likely N-dealkylation sites (tertiary alicyclic amines) is 1. The average Bonchev–Trinajstić information content (AvgIpc) is 2.86. The van der Waals surface area contributed by atoms with Crippen molar-refractivity contribution in [1.82, 2.24) is 10.2 Å². The predicted molar refractivity (Wildman–Crippen MR) is 79.6 cm³/mol. The van der Waals surface area contributed by atoms with Crippen molar-refractivity contribution in [1.29, 1.82) is 0 Å². The largest absolute Gasteiger partial charge is 0.382 e. The molecule has 0 aromatic heterocycles. The third-order valence-electron chi connectivity index (χ3n) is 3.67. The summed E-state index contributed by atoms with van der Waals surface area (Å²) >= 11 is 0. The van der Waals surface area contributed by atoms with E-state index in [1.807, 2.05) is 0 Å². The van der Waals surface area contributed by atoms with E-state index in [1.165, 1.54) is 51.9 Å². The van der Waals surface area contributed by atoms with Gasteiger partial charge in [0.25, 0.3) is 0 Å². The molecule has 0 aromatic carbocycles. The molecule has 0 bridgehead atoms. The van der Waals surface area contributed by atoms with Gasteiger partial charge in [-0.05, 0) is 57.8 Å². The highest BCUT2D eigenvalue weighted by Crippen LogP contribution is 2.15. The molecule has 1 unspecified atom stereocenters. The maximum Gasteiger partial charge on any atom is 0.0700 e. The van der Waals surface area contributed by atoms with Crippen molar-refractivity contribution in [3.63, 3.8) is 0 Å². The third kappa shape index (κ3) is 8.58. The maximum atomic E-state index is 5.47. The van der Waals surface area contributed by atoms with Crippen molar-refractivity contribution in [2.75, 3.05) is 59.7 Å². The Hall–Kier alpha value is -0.160. The zero-order chi connectivity index (χ0) is 13.8. The third-order valence-corrected chi connectivity index (χ3v) is 3.67. The lowest BCUT2D eigenvalue weighted by Gasteiger charge is -2.16. The van der Waals surface area contributed by atoms with Crippen molar-refractivity contribution in [2.24, 2.45) is 5.92 Å². The average molecular weight is 272 g/mol. The number of unbranched alkanes of at least 4 members (excludes halogenated alkanes) is 1. The van der Waals surface area contributed by atoms with Crippen molar-refractivity contribution in [3.8, 4) is 0 Å². The minimum atomic E-state index is 0.707. The number of nitrogens with one attached hydrogen (secondary N) is 1. The van der Waals surface area contributed by atoms with Crippen LogP contribution >= 0.6 is 0 Å². The summed E-state index contributed by atoms with van der Waals surface area (Å²) in [6.45, 7) is 10.7. The first-order valence-corrected chi connectivity index (χ1v) is 7.86. The van der Waals surface area contributed by atoms with Gasteiger partial charge < -0.3 is 19.7 Å². The summed E-state index contributed by atoms with van der Waals surface area (Å²) in [7, 11) is 1.71. The first-order chi connectivity index (χ1) is 9.36. The van der Waals surface area contributed by atoms with Gasteiger partial charge in [0, 0.05) is 20.3 Å². The second-order valence-electron chi connectivity index (χ2n) is 5.47. The molecule has 0 radical (unpaired) electrons. The molecule has 1 N–H and O–H groups in total. The highest BCUT2D eigenvalue weighted by atomic mass is 16.5. The minimum Gasteiger partial charge on any atom is -0.382 e. The maximum absolute atomic E-state index is 5.47. The Morgan fingerprint density at radius 3 is 2.89 bits per heavy atom. The summed E-state index contributed by atoms with van der Waals surface area (Å²) in [6, 6.07) is 0. The van der Waals surface area contributed by atoms with E-state index in [4.69, 9.17) is 9.47 Å². The molecule has 114 valence electrons. The molecule has 0 saturated carbocycles. The number of hydrogen-bond acceptors (Lipinski definition) is 4. The van der Waals surface area contributed by atoms with Crippen LogP contribution in [0, 0.1) is 5.92 Å². The Morgan fingerprint density at radius 2 is 2.11 bits per heavy atom. The molecule has 1 rings (SSSR count). The Kier molecular flexibility index (Phi) is 10.4. The second kappa shape index (κ2) is 11.6. The van der Waals surface area contributed by atoms with Crippen molar-refractivity contribution in [2.45, 2.75) is 32.6 Å². The van der Waals surface area contributed by atoms with Crippen LogP contribution < -0.4 is 5.32 Å². The molecule has 0 aliphatic carbocycles.